The first-order valence-electron chi connectivity index (χ1n) is 6.31. The molecular formula is C13H19N5. The molecule has 18 heavy (non-hydrogen) atoms. The van der Waals surface area contributed by atoms with E-state index in [2.05, 4.69) is 40.5 Å². The lowest BCUT2D eigenvalue weighted by Gasteiger charge is -2.08. The van der Waals surface area contributed by atoms with Gasteiger partial charge in [-0.05, 0) is 31.5 Å². The van der Waals surface area contributed by atoms with E-state index in [0.29, 0.717) is 12.6 Å². The Morgan fingerprint density at radius 3 is 2.83 bits per heavy atom. The van der Waals surface area contributed by atoms with Gasteiger partial charge in [0.1, 0.15) is 0 Å². The summed E-state index contributed by atoms with van der Waals surface area (Å²) in [6.07, 6.45) is 4.80. The van der Waals surface area contributed by atoms with E-state index in [1.807, 2.05) is 23.0 Å². The first-order valence-corrected chi connectivity index (χ1v) is 6.31. The highest BCUT2D eigenvalue weighted by molar-refractivity contribution is 5.01. The molecule has 0 aliphatic heterocycles. The van der Waals surface area contributed by atoms with Crippen molar-refractivity contribution in [2.45, 2.75) is 39.4 Å². The molecule has 5 heteroatoms. The Balaban J connectivity index is 1.82. The second-order valence-electron chi connectivity index (χ2n) is 4.36. The molecule has 0 amide bonds. The summed E-state index contributed by atoms with van der Waals surface area (Å²) >= 11 is 0. The first kappa shape index (κ1) is 12.7. The van der Waals surface area contributed by atoms with Crippen molar-refractivity contribution in [2.75, 3.05) is 0 Å². The van der Waals surface area contributed by atoms with Crippen LogP contribution in [0.4, 0.5) is 0 Å². The van der Waals surface area contributed by atoms with Crippen LogP contribution in [0.1, 0.15) is 37.7 Å². The summed E-state index contributed by atoms with van der Waals surface area (Å²) in [4.78, 5) is 0. The lowest BCUT2D eigenvalue weighted by Crippen LogP contribution is -2.15. The smallest absolute Gasteiger partial charge is 0.0769 e. The molecule has 96 valence electrons. The fraction of sp³-hybridized carbons (Fsp3) is 0.462. The Morgan fingerprint density at radius 1 is 1.28 bits per heavy atom. The second-order valence-corrected chi connectivity index (χ2v) is 4.36. The van der Waals surface area contributed by atoms with Crippen LogP contribution < -0.4 is 5.32 Å². The van der Waals surface area contributed by atoms with Crippen molar-refractivity contribution in [1.82, 2.24) is 25.3 Å². The van der Waals surface area contributed by atoms with Gasteiger partial charge in [-0.1, -0.05) is 6.92 Å². The third kappa shape index (κ3) is 3.37. The quantitative estimate of drug-likeness (QED) is 0.845. The third-order valence-corrected chi connectivity index (χ3v) is 2.95. The van der Waals surface area contributed by atoms with Crippen molar-refractivity contribution in [1.29, 1.82) is 0 Å². The zero-order valence-electron chi connectivity index (χ0n) is 10.9. The third-order valence-electron chi connectivity index (χ3n) is 2.95. The van der Waals surface area contributed by atoms with Crippen molar-refractivity contribution < 1.29 is 0 Å². The summed E-state index contributed by atoms with van der Waals surface area (Å²) in [5.41, 5.74) is 2.00. The monoisotopic (exact) mass is 245 g/mol. The summed E-state index contributed by atoms with van der Waals surface area (Å²) in [6, 6.07) is 6.36. The molecule has 0 aromatic carbocycles. The molecule has 0 aliphatic carbocycles. The fourth-order valence-electron chi connectivity index (χ4n) is 1.65. The average molecular weight is 245 g/mol. The Morgan fingerprint density at radius 2 is 2.11 bits per heavy atom. The highest BCUT2D eigenvalue weighted by Gasteiger charge is 2.04. The molecule has 2 rings (SSSR count). The zero-order chi connectivity index (χ0) is 12.8. The van der Waals surface area contributed by atoms with Crippen LogP contribution in [0.5, 0.6) is 0 Å². The maximum absolute atomic E-state index is 4.53. The molecule has 0 saturated heterocycles. The van der Waals surface area contributed by atoms with E-state index in [-0.39, 0.29) is 0 Å². The first-order chi connectivity index (χ1) is 8.79. The Hall–Kier alpha value is -1.75. The van der Waals surface area contributed by atoms with Gasteiger partial charge >= 0.3 is 0 Å². The summed E-state index contributed by atoms with van der Waals surface area (Å²) in [5.74, 6) is 0. The van der Waals surface area contributed by atoms with Crippen LogP contribution in [-0.2, 0) is 13.1 Å². The molecule has 1 N–H and O–H groups in total. The van der Waals surface area contributed by atoms with E-state index in [9.17, 15) is 0 Å². The zero-order valence-corrected chi connectivity index (χ0v) is 10.9. The van der Waals surface area contributed by atoms with Crippen molar-refractivity contribution >= 4 is 0 Å². The van der Waals surface area contributed by atoms with Crippen molar-refractivity contribution in [3.05, 3.63) is 42.0 Å². The van der Waals surface area contributed by atoms with Gasteiger partial charge in [0, 0.05) is 31.5 Å². The average Bonchev–Trinajstić information content (AvgIpc) is 2.88. The van der Waals surface area contributed by atoms with Crippen molar-refractivity contribution in [2.24, 2.45) is 0 Å². The normalized spacial score (nSPS) is 12.6. The Bertz CT molecular complexity index is 465. The molecule has 1 atom stereocenters. The van der Waals surface area contributed by atoms with Gasteiger partial charge in [-0.15, -0.1) is 0 Å². The lowest BCUT2D eigenvalue weighted by atomic mass is 10.3. The molecular weight excluding hydrogens is 226 g/mol. The van der Waals surface area contributed by atoms with E-state index in [0.717, 1.165) is 24.4 Å². The van der Waals surface area contributed by atoms with Gasteiger partial charge in [-0.2, -0.15) is 15.3 Å². The van der Waals surface area contributed by atoms with Crippen LogP contribution >= 0.6 is 0 Å². The van der Waals surface area contributed by atoms with Gasteiger partial charge < -0.3 is 5.32 Å². The van der Waals surface area contributed by atoms with Gasteiger partial charge in [-0.3, -0.25) is 4.68 Å². The van der Waals surface area contributed by atoms with E-state index in [1.54, 1.807) is 6.20 Å². The van der Waals surface area contributed by atoms with Gasteiger partial charge in [0.25, 0.3) is 0 Å². The lowest BCUT2D eigenvalue weighted by molar-refractivity contribution is 0.471. The predicted octanol–water partition coefficient (Wildman–Crippen LogP) is 1.93. The van der Waals surface area contributed by atoms with Crippen molar-refractivity contribution in [3.63, 3.8) is 0 Å². The molecule has 0 aliphatic rings. The summed E-state index contributed by atoms with van der Waals surface area (Å²) < 4.78 is 2.01. The molecule has 0 fully saturated rings. The number of hydrogen-bond acceptors (Lipinski definition) is 4. The largest absolute Gasteiger partial charge is 0.305 e. The highest BCUT2D eigenvalue weighted by Crippen LogP contribution is 2.09. The molecule has 0 radical (unpaired) electrons. The van der Waals surface area contributed by atoms with Crippen LogP contribution in [-0.4, -0.2) is 20.0 Å². The van der Waals surface area contributed by atoms with Gasteiger partial charge in [0.15, 0.2) is 0 Å². The number of aromatic nitrogens is 4. The Labute approximate surface area is 107 Å². The van der Waals surface area contributed by atoms with Gasteiger partial charge in [0.2, 0.25) is 0 Å². The summed E-state index contributed by atoms with van der Waals surface area (Å²) in [7, 11) is 0. The molecule has 0 spiro atoms. The molecule has 2 heterocycles. The van der Waals surface area contributed by atoms with Gasteiger partial charge in [-0.25, -0.2) is 0 Å². The topological polar surface area (TPSA) is 55.6 Å². The SMILES string of the molecule is CCC(C)n1ccc(CNCc2cccnn2)n1. The maximum atomic E-state index is 4.53. The Kier molecular flexibility index (Phi) is 4.41. The minimum atomic E-state index is 0.457. The molecule has 0 saturated carbocycles. The minimum absolute atomic E-state index is 0.457. The predicted molar refractivity (Wildman–Crippen MR) is 69.8 cm³/mol. The molecule has 0 bridgehead atoms. The van der Waals surface area contributed by atoms with Crippen LogP contribution in [0.25, 0.3) is 0 Å². The molecule has 2 aromatic heterocycles. The molecule has 2 aromatic rings. The van der Waals surface area contributed by atoms with E-state index < -0.39 is 0 Å². The molecule has 5 nitrogen and oxygen atoms in total. The van der Waals surface area contributed by atoms with E-state index in [4.69, 9.17) is 0 Å². The summed E-state index contributed by atoms with van der Waals surface area (Å²) in [6.45, 7) is 5.80. The van der Waals surface area contributed by atoms with E-state index in [1.165, 1.54) is 0 Å². The molecule has 1 unspecified atom stereocenters. The fourth-order valence-corrected chi connectivity index (χ4v) is 1.65. The summed E-state index contributed by atoms with van der Waals surface area (Å²) in [5, 5.41) is 15.7. The number of rotatable bonds is 6. The second kappa shape index (κ2) is 6.26. The number of nitrogens with zero attached hydrogens (tertiary/aromatic N) is 4. The maximum Gasteiger partial charge on any atom is 0.0769 e. The number of hydrogen-bond donors (Lipinski definition) is 1. The number of nitrogens with one attached hydrogen (secondary N) is 1. The highest BCUT2D eigenvalue weighted by atomic mass is 15.3. The van der Waals surface area contributed by atoms with Crippen molar-refractivity contribution in [3.8, 4) is 0 Å². The minimum Gasteiger partial charge on any atom is -0.305 e. The van der Waals surface area contributed by atoms with Crippen LogP contribution in [0, 0.1) is 0 Å². The van der Waals surface area contributed by atoms with Crippen LogP contribution in [0.3, 0.4) is 0 Å². The standard InChI is InChI=1S/C13H19N5/c1-3-11(2)18-8-6-13(17-18)10-14-9-12-5-4-7-15-16-12/h4-8,11,14H,3,9-10H2,1-2H3. The van der Waals surface area contributed by atoms with E-state index >= 15 is 0 Å². The van der Waals surface area contributed by atoms with Crippen LogP contribution in [0.2, 0.25) is 0 Å². The van der Waals surface area contributed by atoms with Gasteiger partial charge in [0.05, 0.1) is 11.4 Å². The van der Waals surface area contributed by atoms with Crippen LogP contribution in [0.15, 0.2) is 30.6 Å².